The summed E-state index contributed by atoms with van der Waals surface area (Å²) < 4.78 is 53.5. The van der Waals surface area contributed by atoms with E-state index in [2.05, 4.69) is 5.32 Å². The van der Waals surface area contributed by atoms with E-state index in [0.29, 0.717) is 26.2 Å². The van der Waals surface area contributed by atoms with Crippen molar-refractivity contribution in [3.05, 3.63) is 35.1 Å². The van der Waals surface area contributed by atoms with Crippen LogP contribution in [0, 0.1) is 5.82 Å². The summed E-state index contributed by atoms with van der Waals surface area (Å²) in [6.45, 7) is 2.03. The van der Waals surface area contributed by atoms with E-state index in [1.165, 1.54) is 0 Å². The first-order valence-corrected chi connectivity index (χ1v) is 6.86. The second-order valence-electron chi connectivity index (χ2n) is 5.01. The average Bonchev–Trinajstić information content (AvgIpc) is 2.45. The monoisotopic (exact) mass is 306 g/mol. The Labute approximate surface area is 120 Å². The molecule has 0 aliphatic carbocycles. The largest absolute Gasteiger partial charge is 0.416 e. The molecule has 1 aromatic carbocycles. The second kappa shape index (κ2) is 6.72. The van der Waals surface area contributed by atoms with Crippen LogP contribution in [0.15, 0.2) is 18.2 Å². The Morgan fingerprint density at radius 1 is 1.24 bits per heavy atom. The van der Waals surface area contributed by atoms with Crippen LogP contribution in [0.25, 0.3) is 0 Å². The molecule has 118 valence electrons. The van der Waals surface area contributed by atoms with Crippen LogP contribution >= 0.6 is 0 Å². The number of aliphatic hydroxyl groups excluding tert-OH is 1. The average molecular weight is 306 g/mol. The van der Waals surface area contributed by atoms with Crippen molar-refractivity contribution < 1.29 is 22.7 Å². The summed E-state index contributed by atoms with van der Waals surface area (Å²) in [5, 5.41) is 12.3. The number of piperazine rings is 1. The maximum atomic E-state index is 14.1. The molecule has 1 fully saturated rings. The lowest BCUT2D eigenvalue weighted by atomic mass is 9.95. The van der Waals surface area contributed by atoms with Gasteiger partial charge in [-0.1, -0.05) is 6.07 Å². The van der Waals surface area contributed by atoms with Crippen molar-refractivity contribution in [3.63, 3.8) is 0 Å². The molecule has 0 amide bonds. The van der Waals surface area contributed by atoms with E-state index >= 15 is 0 Å². The SMILES string of the molecule is OCC[C@@H](c1c(F)cccc1C(F)(F)F)N1CCNCC1. The maximum absolute atomic E-state index is 14.1. The van der Waals surface area contributed by atoms with Gasteiger partial charge in [-0.25, -0.2) is 4.39 Å². The molecule has 3 nitrogen and oxygen atoms in total. The molecule has 1 saturated heterocycles. The Hall–Kier alpha value is -1.18. The highest BCUT2D eigenvalue weighted by atomic mass is 19.4. The summed E-state index contributed by atoms with van der Waals surface area (Å²) >= 11 is 0. The van der Waals surface area contributed by atoms with E-state index in [4.69, 9.17) is 5.11 Å². The molecule has 1 aliphatic rings. The zero-order valence-electron chi connectivity index (χ0n) is 11.5. The van der Waals surface area contributed by atoms with Crippen molar-refractivity contribution in [2.75, 3.05) is 32.8 Å². The lowest BCUT2D eigenvalue weighted by molar-refractivity contribution is -0.139. The summed E-state index contributed by atoms with van der Waals surface area (Å²) in [6.07, 6.45) is -4.54. The molecule has 1 aromatic rings. The van der Waals surface area contributed by atoms with Gasteiger partial charge in [-0.05, 0) is 18.6 Å². The maximum Gasteiger partial charge on any atom is 0.416 e. The van der Waals surface area contributed by atoms with Crippen LogP contribution in [-0.2, 0) is 6.18 Å². The number of rotatable bonds is 4. The Balaban J connectivity index is 2.43. The molecule has 2 rings (SSSR count). The lowest BCUT2D eigenvalue weighted by Gasteiger charge is -2.36. The predicted molar refractivity (Wildman–Crippen MR) is 70.3 cm³/mol. The normalized spacial score (nSPS) is 18.7. The molecule has 1 heterocycles. The van der Waals surface area contributed by atoms with Gasteiger partial charge in [0.2, 0.25) is 0 Å². The van der Waals surface area contributed by atoms with Crippen molar-refractivity contribution in [2.24, 2.45) is 0 Å². The molecule has 0 saturated carbocycles. The molecule has 0 radical (unpaired) electrons. The highest BCUT2D eigenvalue weighted by Crippen LogP contribution is 2.38. The Bertz CT molecular complexity index is 473. The van der Waals surface area contributed by atoms with E-state index in [-0.39, 0.29) is 18.6 Å². The zero-order chi connectivity index (χ0) is 15.5. The number of nitrogens with zero attached hydrogens (tertiary/aromatic N) is 1. The number of nitrogens with one attached hydrogen (secondary N) is 1. The molecule has 0 aromatic heterocycles. The quantitative estimate of drug-likeness (QED) is 0.837. The molecular weight excluding hydrogens is 288 g/mol. The van der Waals surface area contributed by atoms with Crippen LogP contribution in [0.1, 0.15) is 23.6 Å². The minimum Gasteiger partial charge on any atom is -0.396 e. The van der Waals surface area contributed by atoms with Gasteiger partial charge in [0, 0.05) is 44.4 Å². The van der Waals surface area contributed by atoms with Crippen LogP contribution < -0.4 is 5.32 Å². The van der Waals surface area contributed by atoms with Gasteiger partial charge in [-0.15, -0.1) is 0 Å². The fraction of sp³-hybridized carbons (Fsp3) is 0.571. The van der Waals surface area contributed by atoms with Gasteiger partial charge in [-0.2, -0.15) is 13.2 Å². The number of alkyl halides is 3. The molecular formula is C14H18F4N2O. The molecule has 7 heteroatoms. The number of hydrogen-bond acceptors (Lipinski definition) is 3. The van der Waals surface area contributed by atoms with Gasteiger partial charge in [-0.3, -0.25) is 4.90 Å². The fourth-order valence-electron chi connectivity index (χ4n) is 2.75. The van der Waals surface area contributed by atoms with Gasteiger partial charge in [0.05, 0.1) is 5.56 Å². The molecule has 1 atom stereocenters. The number of aliphatic hydroxyl groups is 1. The van der Waals surface area contributed by atoms with Crippen LogP contribution in [0.4, 0.5) is 17.6 Å². The Kier molecular flexibility index (Phi) is 5.18. The topological polar surface area (TPSA) is 35.5 Å². The van der Waals surface area contributed by atoms with Crippen LogP contribution in [-0.4, -0.2) is 42.8 Å². The third-order valence-electron chi connectivity index (χ3n) is 3.69. The van der Waals surface area contributed by atoms with Crippen molar-refractivity contribution in [3.8, 4) is 0 Å². The van der Waals surface area contributed by atoms with Crippen LogP contribution in [0.5, 0.6) is 0 Å². The van der Waals surface area contributed by atoms with E-state index in [9.17, 15) is 17.6 Å². The third kappa shape index (κ3) is 3.72. The summed E-state index contributed by atoms with van der Waals surface area (Å²) in [5.41, 5.74) is -1.32. The van der Waals surface area contributed by atoms with E-state index < -0.39 is 23.6 Å². The summed E-state index contributed by atoms with van der Waals surface area (Å²) in [6, 6.07) is 2.23. The summed E-state index contributed by atoms with van der Waals surface area (Å²) in [4.78, 5) is 1.79. The zero-order valence-corrected chi connectivity index (χ0v) is 11.5. The van der Waals surface area contributed by atoms with Crippen molar-refractivity contribution in [1.29, 1.82) is 0 Å². The van der Waals surface area contributed by atoms with Gasteiger partial charge in [0.25, 0.3) is 0 Å². The van der Waals surface area contributed by atoms with Crippen molar-refractivity contribution in [2.45, 2.75) is 18.6 Å². The van der Waals surface area contributed by atoms with E-state index in [1.807, 2.05) is 0 Å². The first-order valence-electron chi connectivity index (χ1n) is 6.86. The van der Waals surface area contributed by atoms with Gasteiger partial charge >= 0.3 is 6.18 Å². The van der Waals surface area contributed by atoms with Crippen LogP contribution in [0.2, 0.25) is 0 Å². The minimum atomic E-state index is -4.61. The highest BCUT2D eigenvalue weighted by molar-refractivity contribution is 5.34. The summed E-state index contributed by atoms with van der Waals surface area (Å²) in [5.74, 6) is -0.873. The summed E-state index contributed by atoms with van der Waals surface area (Å²) in [7, 11) is 0. The van der Waals surface area contributed by atoms with Crippen LogP contribution in [0.3, 0.4) is 0 Å². The van der Waals surface area contributed by atoms with Gasteiger partial charge in [0.1, 0.15) is 5.82 Å². The molecule has 0 bridgehead atoms. The Morgan fingerprint density at radius 2 is 1.90 bits per heavy atom. The highest BCUT2D eigenvalue weighted by Gasteiger charge is 2.38. The Morgan fingerprint density at radius 3 is 2.48 bits per heavy atom. The first-order chi connectivity index (χ1) is 9.95. The van der Waals surface area contributed by atoms with E-state index in [0.717, 1.165) is 18.2 Å². The molecule has 21 heavy (non-hydrogen) atoms. The molecule has 1 aliphatic heterocycles. The van der Waals surface area contributed by atoms with Crippen molar-refractivity contribution >= 4 is 0 Å². The fourth-order valence-corrected chi connectivity index (χ4v) is 2.75. The molecule has 0 unspecified atom stereocenters. The van der Waals surface area contributed by atoms with Gasteiger partial charge < -0.3 is 10.4 Å². The minimum absolute atomic E-state index is 0.0734. The number of hydrogen-bond donors (Lipinski definition) is 2. The second-order valence-corrected chi connectivity index (χ2v) is 5.01. The van der Waals surface area contributed by atoms with Crippen molar-refractivity contribution in [1.82, 2.24) is 10.2 Å². The third-order valence-corrected chi connectivity index (χ3v) is 3.69. The molecule has 0 spiro atoms. The van der Waals surface area contributed by atoms with E-state index in [1.54, 1.807) is 4.90 Å². The standard InChI is InChI=1S/C14H18F4N2O/c15-11-3-1-2-10(14(16,17)18)13(11)12(4-9-21)20-7-5-19-6-8-20/h1-3,12,19,21H,4-9H2/t12-/m0/s1. The van der Waals surface area contributed by atoms with Gasteiger partial charge in [0.15, 0.2) is 0 Å². The predicted octanol–water partition coefficient (Wildman–Crippen LogP) is 2.17. The first kappa shape index (κ1) is 16.2. The molecule has 2 N–H and O–H groups in total. The lowest BCUT2D eigenvalue weighted by Crippen LogP contribution is -2.46. The number of halogens is 4. The smallest absolute Gasteiger partial charge is 0.396 e. The number of benzene rings is 1.